The quantitative estimate of drug-likeness (QED) is 0.0525. The maximum atomic E-state index is 14.7. The Bertz CT molecular complexity index is 1030. The fourth-order valence-corrected chi connectivity index (χ4v) is 8.88. The van der Waals surface area contributed by atoms with Crippen LogP contribution in [0.1, 0.15) is 182 Å². The van der Waals surface area contributed by atoms with Crippen molar-refractivity contribution >= 4 is 22.8 Å². The summed E-state index contributed by atoms with van der Waals surface area (Å²) in [5, 5.41) is 0. The fraction of sp³-hybridized carbons (Fsp3) is 0.727. The first-order chi connectivity index (χ1) is 24.7. The summed E-state index contributed by atoms with van der Waals surface area (Å²) in [5.41, 5.74) is 0. The molecule has 0 bridgehead atoms. The van der Waals surface area contributed by atoms with Crippen molar-refractivity contribution in [3.8, 4) is 23.0 Å². The molecule has 5 nitrogen and oxygen atoms in total. The summed E-state index contributed by atoms with van der Waals surface area (Å²) in [7, 11) is 0. The van der Waals surface area contributed by atoms with E-state index in [4.69, 9.17) is 18.9 Å². The molecule has 2 rings (SSSR count). The Hall–Kier alpha value is -2.04. The molecule has 0 saturated carbocycles. The molecule has 0 fully saturated rings. The van der Waals surface area contributed by atoms with Crippen LogP contribution in [-0.2, 0) is 3.83 Å². The van der Waals surface area contributed by atoms with Crippen LogP contribution < -0.4 is 27.9 Å². The summed E-state index contributed by atoms with van der Waals surface area (Å²) >= 11 is -2.80. The average molecular weight is 762 g/mol. The molecule has 2 aromatic carbocycles. The van der Waals surface area contributed by atoms with Gasteiger partial charge in [0.1, 0.15) is 0 Å². The van der Waals surface area contributed by atoms with Crippen LogP contribution in [0.15, 0.2) is 36.4 Å². The molecule has 0 aromatic heterocycles. The Morgan fingerprint density at radius 1 is 0.380 bits per heavy atom. The number of rotatable bonds is 34. The molecule has 50 heavy (non-hydrogen) atoms. The summed E-state index contributed by atoms with van der Waals surface area (Å²) in [4.78, 5) is 0. The van der Waals surface area contributed by atoms with Gasteiger partial charge in [0, 0.05) is 0 Å². The van der Waals surface area contributed by atoms with Gasteiger partial charge in [0.05, 0.1) is 0 Å². The van der Waals surface area contributed by atoms with Crippen molar-refractivity contribution in [2.24, 2.45) is 0 Å². The standard InChI is InChI=1S/C44H74O5Se/c1-5-9-13-17-21-25-35-46-39-31-29-33-41(43(39)48-37-27-23-19-15-11-7-3)50(45)42-34-30-32-40(47-36-26-22-18-14-10-6-2)44(42)49-38-28-24-20-16-12-8-4/h29-34H,5-28,35-38H2,1-4H3. The Morgan fingerprint density at radius 2 is 0.660 bits per heavy atom. The Labute approximate surface area is 312 Å². The average Bonchev–Trinajstić information content (AvgIpc) is 3.13. The molecular formula is C44H74O5Se. The third kappa shape index (κ3) is 19.0. The van der Waals surface area contributed by atoms with E-state index in [9.17, 15) is 3.83 Å². The zero-order valence-electron chi connectivity index (χ0n) is 32.7. The van der Waals surface area contributed by atoms with Gasteiger partial charge in [0.25, 0.3) is 0 Å². The molecule has 286 valence electrons. The zero-order valence-corrected chi connectivity index (χ0v) is 34.4. The second-order valence-corrected chi connectivity index (χ2v) is 16.9. The van der Waals surface area contributed by atoms with E-state index in [1.54, 1.807) is 0 Å². The predicted octanol–water partition coefficient (Wildman–Crippen LogP) is 12.2. The van der Waals surface area contributed by atoms with Crippen LogP contribution in [0, 0.1) is 0 Å². The van der Waals surface area contributed by atoms with E-state index < -0.39 is 13.8 Å². The number of unbranched alkanes of at least 4 members (excludes halogenated alkanes) is 20. The Balaban J connectivity index is 2.26. The SMILES string of the molecule is CCCCCCCCOc1cccc([Se](=O)c2cccc(OCCCCCCCC)c2OCCCCCCCC)c1OCCCCCCCC. The molecule has 0 N–H and O–H groups in total. The molecule has 0 aliphatic heterocycles. The number of hydrogen-bond acceptors (Lipinski definition) is 5. The van der Waals surface area contributed by atoms with Gasteiger partial charge in [-0.25, -0.2) is 0 Å². The van der Waals surface area contributed by atoms with Crippen LogP contribution in [0.2, 0.25) is 0 Å². The van der Waals surface area contributed by atoms with Gasteiger partial charge in [-0.2, -0.15) is 0 Å². The van der Waals surface area contributed by atoms with Crippen LogP contribution in [-0.4, -0.2) is 40.3 Å². The molecule has 6 heteroatoms. The van der Waals surface area contributed by atoms with Crippen molar-refractivity contribution in [2.45, 2.75) is 182 Å². The second kappa shape index (κ2) is 30.6. The molecule has 0 spiro atoms. The Morgan fingerprint density at radius 3 is 0.980 bits per heavy atom. The minimum atomic E-state index is -2.80. The summed E-state index contributed by atoms with van der Waals surface area (Å²) in [6.45, 7) is 11.5. The molecule has 2 aromatic rings. The number of ether oxygens (including phenoxy) is 4. The number of para-hydroxylation sites is 2. The van der Waals surface area contributed by atoms with Crippen LogP contribution in [0.4, 0.5) is 0 Å². The van der Waals surface area contributed by atoms with Crippen LogP contribution in [0.5, 0.6) is 23.0 Å². The van der Waals surface area contributed by atoms with Gasteiger partial charge >= 0.3 is 313 Å². The van der Waals surface area contributed by atoms with Crippen LogP contribution >= 0.6 is 0 Å². The molecule has 0 heterocycles. The van der Waals surface area contributed by atoms with Gasteiger partial charge in [-0.3, -0.25) is 0 Å². The monoisotopic (exact) mass is 762 g/mol. The van der Waals surface area contributed by atoms with E-state index in [2.05, 4.69) is 27.7 Å². The van der Waals surface area contributed by atoms with Gasteiger partial charge in [0.2, 0.25) is 0 Å². The Kier molecular flexibility index (Phi) is 27.0. The first kappa shape index (κ1) is 44.1. The maximum absolute atomic E-state index is 14.7. The van der Waals surface area contributed by atoms with Gasteiger partial charge in [0.15, 0.2) is 0 Å². The normalized spacial score (nSPS) is 11.3. The summed E-state index contributed by atoms with van der Waals surface area (Å²) in [6, 6.07) is 11.8. The van der Waals surface area contributed by atoms with Crippen molar-refractivity contribution in [3.05, 3.63) is 36.4 Å². The number of hydrogen-bond donors (Lipinski definition) is 0. The first-order valence-electron chi connectivity index (χ1n) is 20.9. The predicted molar refractivity (Wildman–Crippen MR) is 214 cm³/mol. The van der Waals surface area contributed by atoms with E-state index in [-0.39, 0.29) is 0 Å². The third-order valence-corrected chi connectivity index (χ3v) is 12.3. The van der Waals surface area contributed by atoms with Crippen molar-refractivity contribution in [1.29, 1.82) is 0 Å². The van der Waals surface area contributed by atoms with E-state index in [0.717, 1.165) is 60.3 Å². The molecule has 0 atom stereocenters. The van der Waals surface area contributed by atoms with Gasteiger partial charge in [-0.15, -0.1) is 0 Å². The van der Waals surface area contributed by atoms with Crippen LogP contribution in [0.25, 0.3) is 0 Å². The summed E-state index contributed by atoms with van der Waals surface area (Å²) in [6.07, 6.45) is 28.8. The summed E-state index contributed by atoms with van der Waals surface area (Å²) in [5.74, 6) is 2.70. The minimum absolute atomic E-state index is 0.595. The van der Waals surface area contributed by atoms with Crippen molar-refractivity contribution in [2.75, 3.05) is 26.4 Å². The summed E-state index contributed by atoms with van der Waals surface area (Å²) < 4.78 is 41.9. The topological polar surface area (TPSA) is 54.0 Å². The van der Waals surface area contributed by atoms with Gasteiger partial charge < -0.3 is 0 Å². The second-order valence-electron chi connectivity index (χ2n) is 13.9. The molecule has 0 saturated heterocycles. The van der Waals surface area contributed by atoms with E-state index >= 15 is 0 Å². The van der Waals surface area contributed by atoms with Crippen molar-refractivity contribution < 1.29 is 22.8 Å². The van der Waals surface area contributed by atoms with E-state index in [0.29, 0.717) is 49.4 Å². The molecular weight excluding hydrogens is 687 g/mol. The fourth-order valence-electron chi connectivity index (χ4n) is 6.16. The molecule has 0 aliphatic carbocycles. The molecule has 0 aliphatic rings. The third-order valence-electron chi connectivity index (χ3n) is 9.28. The van der Waals surface area contributed by atoms with E-state index in [1.807, 2.05) is 36.4 Å². The molecule has 0 radical (unpaired) electrons. The van der Waals surface area contributed by atoms with E-state index in [1.165, 1.54) is 103 Å². The number of benzene rings is 2. The molecule has 0 amide bonds. The van der Waals surface area contributed by atoms with Crippen molar-refractivity contribution in [1.82, 2.24) is 0 Å². The van der Waals surface area contributed by atoms with Gasteiger partial charge in [-0.05, 0) is 0 Å². The van der Waals surface area contributed by atoms with Crippen molar-refractivity contribution in [3.63, 3.8) is 0 Å². The zero-order chi connectivity index (χ0) is 35.9. The molecule has 0 unspecified atom stereocenters. The van der Waals surface area contributed by atoms with Gasteiger partial charge in [-0.1, -0.05) is 0 Å². The first-order valence-corrected chi connectivity index (χ1v) is 23.3. The van der Waals surface area contributed by atoms with Crippen LogP contribution in [0.3, 0.4) is 0 Å².